The van der Waals surface area contributed by atoms with Gasteiger partial charge in [0.1, 0.15) is 6.73 Å². The average molecular weight is 553 g/mol. The molecule has 0 aliphatic carbocycles. The van der Waals surface area contributed by atoms with E-state index in [-0.39, 0.29) is 5.91 Å². The summed E-state index contributed by atoms with van der Waals surface area (Å²) in [6.07, 6.45) is 7.63. The van der Waals surface area contributed by atoms with Crippen molar-refractivity contribution >= 4 is 41.8 Å². The van der Waals surface area contributed by atoms with Gasteiger partial charge in [-0.1, -0.05) is 19.6 Å². The molecule has 4 aromatic heterocycles. The first-order valence-electron chi connectivity index (χ1n) is 12.9. The third-order valence-electron chi connectivity index (χ3n) is 6.64. The zero-order valence-corrected chi connectivity index (χ0v) is 24.6. The standard InChI is InChI=1S/C26H36N8O2SSi/c1-19-15-34-22(21-13-28-33(16-21)18-36-10-11-38(3,4)5)14-27-25(34)24(29-19)30-23-12-20(17-37-23)26(35)32-8-6-31(2)7-9-32/h12-17H,6-11,18H2,1-5H3,(H,29,30). The van der Waals surface area contributed by atoms with Crippen molar-refractivity contribution in [3.8, 4) is 11.3 Å². The number of ether oxygens (including phenoxy) is 1. The number of aromatic nitrogens is 5. The van der Waals surface area contributed by atoms with Crippen LogP contribution in [0.2, 0.25) is 25.7 Å². The lowest BCUT2D eigenvalue weighted by Gasteiger charge is -2.32. The number of anilines is 2. The molecule has 1 amide bonds. The van der Waals surface area contributed by atoms with Crippen molar-refractivity contribution in [1.29, 1.82) is 0 Å². The van der Waals surface area contributed by atoms with Gasteiger partial charge in [0.25, 0.3) is 5.91 Å². The molecule has 4 aromatic rings. The van der Waals surface area contributed by atoms with Crippen LogP contribution in [0.1, 0.15) is 16.1 Å². The van der Waals surface area contributed by atoms with Crippen molar-refractivity contribution in [2.45, 2.75) is 39.3 Å². The van der Waals surface area contributed by atoms with Crippen molar-refractivity contribution < 1.29 is 9.53 Å². The number of hydrogen-bond acceptors (Lipinski definition) is 8. The second-order valence-electron chi connectivity index (χ2n) is 11.1. The molecule has 1 aliphatic rings. The molecule has 38 heavy (non-hydrogen) atoms. The molecule has 0 aromatic carbocycles. The molecule has 1 fully saturated rings. The highest BCUT2D eigenvalue weighted by atomic mass is 32.1. The van der Waals surface area contributed by atoms with Crippen LogP contribution in [0.25, 0.3) is 16.9 Å². The normalized spacial score (nSPS) is 14.9. The molecule has 202 valence electrons. The molecule has 0 unspecified atom stereocenters. The Bertz CT molecular complexity index is 1410. The summed E-state index contributed by atoms with van der Waals surface area (Å²) in [7, 11) is 0.969. The lowest BCUT2D eigenvalue weighted by Crippen LogP contribution is -2.47. The molecule has 1 aliphatic heterocycles. The minimum absolute atomic E-state index is 0.0781. The predicted molar refractivity (Wildman–Crippen MR) is 154 cm³/mol. The van der Waals surface area contributed by atoms with Crippen LogP contribution in [0.15, 0.2) is 36.2 Å². The highest BCUT2D eigenvalue weighted by molar-refractivity contribution is 7.14. The molecule has 0 atom stereocenters. The fourth-order valence-electron chi connectivity index (χ4n) is 4.33. The smallest absolute Gasteiger partial charge is 0.254 e. The van der Waals surface area contributed by atoms with Gasteiger partial charge in [-0.15, -0.1) is 11.3 Å². The van der Waals surface area contributed by atoms with E-state index in [0.29, 0.717) is 23.8 Å². The van der Waals surface area contributed by atoms with E-state index in [4.69, 9.17) is 9.72 Å². The molecule has 10 nitrogen and oxygen atoms in total. The van der Waals surface area contributed by atoms with Crippen LogP contribution < -0.4 is 5.32 Å². The van der Waals surface area contributed by atoms with E-state index in [1.165, 1.54) is 11.3 Å². The monoisotopic (exact) mass is 552 g/mol. The molecule has 0 spiro atoms. The summed E-state index contributed by atoms with van der Waals surface area (Å²) >= 11 is 1.50. The van der Waals surface area contributed by atoms with E-state index in [0.717, 1.165) is 60.8 Å². The van der Waals surface area contributed by atoms with Gasteiger partial charge in [0.15, 0.2) is 11.5 Å². The van der Waals surface area contributed by atoms with E-state index in [2.05, 4.69) is 47.0 Å². The van der Waals surface area contributed by atoms with E-state index in [1.807, 2.05) is 57.1 Å². The number of hydrogen-bond donors (Lipinski definition) is 1. The van der Waals surface area contributed by atoms with E-state index >= 15 is 0 Å². The predicted octanol–water partition coefficient (Wildman–Crippen LogP) is 4.41. The van der Waals surface area contributed by atoms with Gasteiger partial charge in [0, 0.05) is 64.2 Å². The number of nitrogens with zero attached hydrogens (tertiary/aromatic N) is 7. The molecule has 5 heterocycles. The van der Waals surface area contributed by atoms with E-state index < -0.39 is 8.07 Å². The summed E-state index contributed by atoms with van der Waals surface area (Å²) < 4.78 is 9.69. The quantitative estimate of drug-likeness (QED) is 0.243. The highest BCUT2D eigenvalue weighted by Gasteiger charge is 2.22. The molecular formula is C26H36N8O2SSi. The van der Waals surface area contributed by atoms with Gasteiger partial charge in [0.2, 0.25) is 0 Å². The van der Waals surface area contributed by atoms with Gasteiger partial charge in [-0.3, -0.25) is 9.20 Å². The summed E-state index contributed by atoms with van der Waals surface area (Å²) in [5, 5.41) is 10.6. The fraction of sp³-hybridized carbons (Fsp3) is 0.462. The van der Waals surface area contributed by atoms with Crippen LogP contribution in [0, 0.1) is 6.92 Å². The summed E-state index contributed by atoms with van der Waals surface area (Å²) in [5.74, 6) is 0.730. The van der Waals surface area contributed by atoms with Crippen molar-refractivity contribution in [3.63, 3.8) is 0 Å². The van der Waals surface area contributed by atoms with Crippen LogP contribution in [0.4, 0.5) is 10.8 Å². The average Bonchev–Trinajstić information content (AvgIpc) is 3.61. The molecule has 0 bridgehead atoms. The van der Waals surface area contributed by atoms with Crippen LogP contribution in [0.3, 0.4) is 0 Å². The summed E-state index contributed by atoms with van der Waals surface area (Å²) in [4.78, 5) is 26.5. The molecule has 0 saturated carbocycles. The van der Waals surface area contributed by atoms with Crippen molar-refractivity contribution in [3.05, 3.63) is 47.5 Å². The molecule has 12 heteroatoms. The number of piperazine rings is 1. The van der Waals surface area contributed by atoms with Crippen molar-refractivity contribution in [1.82, 2.24) is 33.9 Å². The fourth-order valence-corrected chi connectivity index (χ4v) is 5.86. The van der Waals surface area contributed by atoms with Crippen molar-refractivity contribution in [2.24, 2.45) is 0 Å². The molecule has 0 radical (unpaired) electrons. The second kappa shape index (κ2) is 11.0. The SMILES string of the molecule is Cc1cn2c(-c3cnn(COCC[Si](C)(C)C)c3)cnc2c(Nc2cc(C(=O)N3CCN(C)CC3)cs2)n1. The van der Waals surface area contributed by atoms with Gasteiger partial charge in [-0.05, 0) is 26.1 Å². The largest absolute Gasteiger partial charge is 0.360 e. The number of imidazole rings is 1. The Hall–Kier alpha value is -3.06. The topological polar surface area (TPSA) is 92.8 Å². The number of fused-ring (bicyclic) bond motifs is 1. The highest BCUT2D eigenvalue weighted by Crippen LogP contribution is 2.29. The zero-order chi connectivity index (χ0) is 26.9. The Morgan fingerprint density at radius 1 is 1.16 bits per heavy atom. The number of thiophene rings is 1. The molecule has 5 rings (SSSR count). The number of amides is 1. The first-order valence-corrected chi connectivity index (χ1v) is 17.5. The summed E-state index contributed by atoms with van der Waals surface area (Å²) in [5.41, 5.74) is 4.16. The Morgan fingerprint density at radius 3 is 2.71 bits per heavy atom. The van der Waals surface area contributed by atoms with Crippen LogP contribution in [-0.4, -0.2) is 87.8 Å². The Labute approximate surface area is 228 Å². The lowest BCUT2D eigenvalue weighted by molar-refractivity contribution is 0.0664. The third kappa shape index (κ3) is 6.15. The summed E-state index contributed by atoms with van der Waals surface area (Å²) in [6.45, 7) is 13.5. The van der Waals surface area contributed by atoms with E-state index in [9.17, 15) is 4.79 Å². The molecular weight excluding hydrogens is 516 g/mol. The number of rotatable bonds is 9. The van der Waals surface area contributed by atoms with Crippen LogP contribution in [0.5, 0.6) is 0 Å². The zero-order valence-electron chi connectivity index (χ0n) is 22.8. The maximum atomic E-state index is 13.0. The van der Waals surface area contributed by atoms with Gasteiger partial charge in [-0.25, -0.2) is 14.6 Å². The first-order chi connectivity index (χ1) is 18.2. The number of likely N-dealkylation sites (N-methyl/N-ethyl adjacent to an activating group) is 1. The molecule has 1 N–H and O–H groups in total. The maximum absolute atomic E-state index is 13.0. The number of carbonyl (C=O) groups is 1. The van der Waals surface area contributed by atoms with Crippen LogP contribution >= 0.6 is 11.3 Å². The van der Waals surface area contributed by atoms with Gasteiger partial charge in [0.05, 0.1) is 34.3 Å². The van der Waals surface area contributed by atoms with Crippen LogP contribution in [-0.2, 0) is 11.5 Å². The maximum Gasteiger partial charge on any atom is 0.254 e. The van der Waals surface area contributed by atoms with Gasteiger partial charge < -0.3 is 19.9 Å². The second-order valence-corrected chi connectivity index (χ2v) is 17.6. The molecule has 1 saturated heterocycles. The number of nitrogens with one attached hydrogen (secondary N) is 1. The minimum atomic E-state index is -1.12. The Morgan fingerprint density at radius 2 is 1.95 bits per heavy atom. The summed E-state index contributed by atoms with van der Waals surface area (Å²) in [6, 6.07) is 3.04. The van der Waals surface area contributed by atoms with E-state index in [1.54, 1.807) is 0 Å². The van der Waals surface area contributed by atoms with Crippen molar-refractivity contribution in [2.75, 3.05) is 45.2 Å². The Balaban J connectivity index is 1.30. The number of carbonyl (C=O) groups excluding carboxylic acids is 1. The minimum Gasteiger partial charge on any atom is -0.360 e. The van der Waals surface area contributed by atoms with Gasteiger partial charge in [-0.2, -0.15) is 5.10 Å². The lowest BCUT2D eigenvalue weighted by atomic mass is 10.2. The van der Waals surface area contributed by atoms with Gasteiger partial charge >= 0.3 is 0 Å². The third-order valence-corrected chi connectivity index (χ3v) is 9.19. The Kier molecular flexibility index (Phi) is 7.66. The first kappa shape index (κ1) is 26.5. The number of aryl methyl sites for hydroxylation is 1.